The molecule has 0 unspecified atom stereocenters. The Kier molecular flexibility index (Phi) is 5.30. The molecule has 0 aliphatic carbocycles. The monoisotopic (exact) mass is 167 g/mol. The second kappa shape index (κ2) is 5.72. The minimum absolute atomic E-state index is 0.127. The van der Waals surface area contributed by atoms with Gasteiger partial charge in [0.1, 0.15) is 0 Å². The van der Waals surface area contributed by atoms with Gasteiger partial charge in [-0.3, -0.25) is 4.79 Å². The summed E-state index contributed by atoms with van der Waals surface area (Å²) in [4.78, 5) is 11.1. The number of nitrogens with one attached hydrogen (secondary N) is 1. The predicted octanol–water partition coefficient (Wildman–Crippen LogP) is 1.69. The number of Topliss-reactive ketones (excluding diaryl/α,β-unsaturated/α-hetero) is 1. The maximum atomic E-state index is 11.1. The molecular weight excluding hydrogens is 150 g/mol. The van der Waals surface area contributed by atoms with Gasteiger partial charge in [0.25, 0.3) is 0 Å². The molecule has 12 heavy (non-hydrogen) atoms. The maximum absolute atomic E-state index is 11.1. The Hall–Kier alpha value is -0.890. The Morgan fingerprint density at radius 3 is 2.25 bits per heavy atom. The summed E-state index contributed by atoms with van der Waals surface area (Å²) >= 11 is 0. The Labute approximate surface area is 74.4 Å². The van der Waals surface area contributed by atoms with Gasteiger partial charge in [-0.2, -0.15) is 0 Å². The van der Waals surface area contributed by atoms with Crippen LogP contribution < -0.4 is 5.32 Å². The molecule has 2 nitrogen and oxygen atoms in total. The Morgan fingerprint density at radius 2 is 1.92 bits per heavy atom. The summed E-state index contributed by atoms with van der Waals surface area (Å²) in [5.41, 5.74) is 1.88. The molecule has 0 bridgehead atoms. The van der Waals surface area contributed by atoms with E-state index in [1.54, 1.807) is 6.92 Å². The molecule has 0 heterocycles. The minimum atomic E-state index is 0.127. The van der Waals surface area contributed by atoms with Gasteiger partial charge in [0, 0.05) is 12.1 Å². The normalized spacial score (nSPS) is 10.3. The Morgan fingerprint density at radius 1 is 1.33 bits per heavy atom. The summed E-state index contributed by atoms with van der Waals surface area (Å²) in [6.45, 7) is 6.27. The first-order valence-electron chi connectivity index (χ1n) is 4.09. The third-order valence-corrected chi connectivity index (χ3v) is 1.52. The van der Waals surface area contributed by atoms with Gasteiger partial charge in [0.2, 0.25) is 0 Å². The van der Waals surface area contributed by atoms with Crippen molar-refractivity contribution in [1.29, 1.82) is 0 Å². The van der Waals surface area contributed by atoms with Crippen LogP contribution in [0.15, 0.2) is 23.3 Å². The first-order valence-corrected chi connectivity index (χ1v) is 4.09. The molecule has 0 spiro atoms. The van der Waals surface area contributed by atoms with E-state index in [0.29, 0.717) is 0 Å². The predicted molar refractivity (Wildman–Crippen MR) is 52.1 cm³/mol. The van der Waals surface area contributed by atoms with Crippen molar-refractivity contribution in [2.45, 2.75) is 20.8 Å². The highest BCUT2D eigenvalue weighted by Gasteiger charge is 1.99. The first kappa shape index (κ1) is 11.1. The highest BCUT2D eigenvalue weighted by molar-refractivity contribution is 5.96. The molecule has 0 aromatic heterocycles. The summed E-state index contributed by atoms with van der Waals surface area (Å²) in [5, 5.41) is 2.98. The molecule has 68 valence electrons. The number of ketones is 1. The molecule has 1 N–H and O–H groups in total. The number of hydrogen-bond donors (Lipinski definition) is 1. The van der Waals surface area contributed by atoms with E-state index in [1.165, 1.54) is 0 Å². The third-order valence-electron chi connectivity index (χ3n) is 1.52. The molecule has 2 heteroatoms. The van der Waals surface area contributed by atoms with Crippen LogP contribution in [0.4, 0.5) is 0 Å². The summed E-state index contributed by atoms with van der Waals surface area (Å²) in [6, 6.07) is 0. The molecular formula is C10H17NO. The van der Waals surface area contributed by atoms with Crippen LogP contribution in [0, 0.1) is 0 Å². The number of carbonyl (C=O) groups is 1. The lowest BCUT2D eigenvalue weighted by Crippen LogP contribution is -2.05. The van der Waals surface area contributed by atoms with Gasteiger partial charge in [-0.15, -0.1) is 0 Å². The van der Waals surface area contributed by atoms with Crippen LogP contribution in [0.2, 0.25) is 0 Å². The zero-order valence-corrected chi connectivity index (χ0v) is 8.27. The second-order valence-electron chi connectivity index (χ2n) is 2.93. The lowest BCUT2D eigenvalue weighted by atomic mass is 10.1. The van der Waals surface area contributed by atoms with Crippen LogP contribution in [0.25, 0.3) is 0 Å². The topological polar surface area (TPSA) is 29.1 Å². The summed E-state index contributed by atoms with van der Waals surface area (Å²) in [7, 11) is 1.88. The fourth-order valence-corrected chi connectivity index (χ4v) is 0.931. The number of likely N-dealkylation sites (N-methyl/N-ethyl adjacent to an activating group) is 1. The Balaban J connectivity index is 4.37. The van der Waals surface area contributed by atoms with E-state index in [-0.39, 0.29) is 5.78 Å². The molecule has 0 amide bonds. The van der Waals surface area contributed by atoms with Gasteiger partial charge >= 0.3 is 0 Å². The van der Waals surface area contributed by atoms with Gasteiger partial charge in [0.15, 0.2) is 5.78 Å². The van der Waals surface area contributed by atoms with Crippen molar-refractivity contribution < 1.29 is 4.79 Å². The maximum Gasteiger partial charge on any atom is 0.159 e. The molecule has 0 saturated heterocycles. The summed E-state index contributed by atoms with van der Waals surface area (Å²) in [5.74, 6) is 0.127. The largest absolute Gasteiger partial charge is 0.316 e. The van der Waals surface area contributed by atoms with Crippen molar-refractivity contribution in [3.63, 3.8) is 0 Å². The number of carbonyl (C=O) groups excluding carboxylic acids is 1. The van der Waals surface area contributed by atoms with Crippen LogP contribution >= 0.6 is 0 Å². The molecule has 0 radical (unpaired) electrons. The van der Waals surface area contributed by atoms with Gasteiger partial charge in [-0.05, 0) is 27.8 Å². The number of rotatable bonds is 4. The van der Waals surface area contributed by atoms with E-state index in [4.69, 9.17) is 0 Å². The van der Waals surface area contributed by atoms with Gasteiger partial charge in [-0.1, -0.05) is 17.7 Å². The van der Waals surface area contributed by atoms with E-state index in [2.05, 4.69) is 5.32 Å². The standard InChI is InChI=1S/C10H17NO/c1-8(2)10(9(3)12)6-5-7-11-4/h5-6,11H,7H2,1-4H3/b6-5-. The second-order valence-corrected chi connectivity index (χ2v) is 2.93. The molecule has 0 fully saturated rings. The third kappa shape index (κ3) is 4.09. The fraction of sp³-hybridized carbons (Fsp3) is 0.500. The van der Waals surface area contributed by atoms with Crippen molar-refractivity contribution in [2.24, 2.45) is 0 Å². The number of allylic oxidation sites excluding steroid dienone is 3. The van der Waals surface area contributed by atoms with Crippen molar-refractivity contribution in [3.8, 4) is 0 Å². The van der Waals surface area contributed by atoms with Crippen molar-refractivity contribution in [2.75, 3.05) is 13.6 Å². The molecule has 0 rings (SSSR count). The fourth-order valence-electron chi connectivity index (χ4n) is 0.931. The van der Waals surface area contributed by atoms with Crippen molar-refractivity contribution >= 4 is 5.78 Å². The van der Waals surface area contributed by atoms with E-state index in [9.17, 15) is 4.79 Å². The molecule has 0 aromatic carbocycles. The number of hydrogen-bond acceptors (Lipinski definition) is 2. The quantitative estimate of drug-likeness (QED) is 0.510. The summed E-state index contributed by atoms with van der Waals surface area (Å²) < 4.78 is 0. The van der Waals surface area contributed by atoms with Crippen LogP contribution in [0.3, 0.4) is 0 Å². The zero-order chi connectivity index (χ0) is 9.56. The molecule has 0 saturated carbocycles. The average molecular weight is 167 g/mol. The SMILES string of the molecule is CNC/C=C\C(C(C)=O)=C(C)C. The van der Waals surface area contributed by atoms with Gasteiger partial charge in [0.05, 0.1) is 0 Å². The highest BCUT2D eigenvalue weighted by Crippen LogP contribution is 2.05. The van der Waals surface area contributed by atoms with Crippen LogP contribution in [0.1, 0.15) is 20.8 Å². The lowest BCUT2D eigenvalue weighted by molar-refractivity contribution is -0.113. The first-order chi connectivity index (χ1) is 5.59. The van der Waals surface area contributed by atoms with E-state index in [1.807, 2.05) is 33.0 Å². The lowest BCUT2D eigenvalue weighted by Gasteiger charge is -1.98. The average Bonchev–Trinajstić information content (AvgIpc) is 1.96. The molecule has 0 aliphatic heterocycles. The van der Waals surface area contributed by atoms with Gasteiger partial charge < -0.3 is 5.32 Å². The van der Waals surface area contributed by atoms with Crippen LogP contribution in [-0.4, -0.2) is 19.4 Å². The van der Waals surface area contributed by atoms with Crippen molar-refractivity contribution in [3.05, 3.63) is 23.3 Å². The zero-order valence-electron chi connectivity index (χ0n) is 8.27. The minimum Gasteiger partial charge on any atom is -0.316 e. The highest BCUT2D eigenvalue weighted by atomic mass is 16.1. The summed E-state index contributed by atoms with van der Waals surface area (Å²) in [6.07, 6.45) is 3.82. The van der Waals surface area contributed by atoms with E-state index >= 15 is 0 Å². The molecule has 0 aromatic rings. The smallest absolute Gasteiger partial charge is 0.159 e. The molecule has 0 aliphatic rings. The van der Waals surface area contributed by atoms with Gasteiger partial charge in [-0.25, -0.2) is 0 Å². The van der Waals surface area contributed by atoms with Crippen LogP contribution in [0.5, 0.6) is 0 Å². The van der Waals surface area contributed by atoms with E-state index < -0.39 is 0 Å². The van der Waals surface area contributed by atoms with E-state index in [0.717, 1.165) is 17.7 Å². The van der Waals surface area contributed by atoms with Crippen LogP contribution in [-0.2, 0) is 4.79 Å². The Bertz CT molecular complexity index is 210. The molecule has 0 atom stereocenters. The van der Waals surface area contributed by atoms with Crippen molar-refractivity contribution in [1.82, 2.24) is 5.32 Å².